The molecule has 1 unspecified atom stereocenters. The molecule has 4 N–H and O–H groups in total. The van der Waals surface area contributed by atoms with Crippen molar-refractivity contribution in [2.75, 3.05) is 17.6 Å². The van der Waals surface area contributed by atoms with Gasteiger partial charge in [0.1, 0.15) is 5.82 Å². The van der Waals surface area contributed by atoms with Gasteiger partial charge in [-0.1, -0.05) is 13.3 Å². The van der Waals surface area contributed by atoms with E-state index in [0.717, 1.165) is 18.6 Å². The average Bonchev–Trinajstić information content (AvgIpc) is 2.21. The van der Waals surface area contributed by atoms with E-state index in [0.29, 0.717) is 6.42 Å². The average molecular weight is 230 g/mol. The molecule has 0 amide bonds. The van der Waals surface area contributed by atoms with Crippen LogP contribution in [-0.4, -0.2) is 17.8 Å². The Balaban J connectivity index is 2.66. The minimum atomic E-state index is -0.799. The lowest BCUT2D eigenvalue weighted by molar-refractivity contribution is 0.176. The quantitative estimate of drug-likeness (QED) is 0.679. The van der Waals surface area contributed by atoms with Crippen LogP contribution in [0.4, 0.5) is 20.2 Å². The number of nitrogens with two attached hydrogens (primary N) is 1. The Hall–Kier alpha value is -1.36. The van der Waals surface area contributed by atoms with Gasteiger partial charge in [-0.25, -0.2) is 8.78 Å². The van der Waals surface area contributed by atoms with Crippen molar-refractivity contribution in [3.05, 3.63) is 23.8 Å². The lowest BCUT2D eigenvalue weighted by atomic mass is 10.2. The summed E-state index contributed by atoms with van der Waals surface area (Å²) in [5, 5.41) is 12.2. The molecule has 0 saturated heterocycles. The van der Waals surface area contributed by atoms with Crippen LogP contribution >= 0.6 is 0 Å². The predicted molar refractivity (Wildman–Crippen MR) is 60.2 cm³/mol. The first kappa shape index (κ1) is 12.7. The Morgan fingerprint density at radius 2 is 2.12 bits per heavy atom. The molecule has 90 valence electrons. The molecule has 1 atom stereocenters. The lowest BCUT2D eigenvalue weighted by Gasteiger charge is -2.13. The summed E-state index contributed by atoms with van der Waals surface area (Å²) in [4.78, 5) is 0. The zero-order valence-electron chi connectivity index (χ0n) is 9.13. The van der Waals surface area contributed by atoms with E-state index in [-0.39, 0.29) is 17.9 Å². The summed E-state index contributed by atoms with van der Waals surface area (Å²) < 4.78 is 25.9. The van der Waals surface area contributed by atoms with Gasteiger partial charge >= 0.3 is 0 Å². The van der Waals surface area contributed by atoms with Gasteiger partial charge in [0.05, 0.1) is 17.5 Å². The molecule has 1 aromatic carbocycles. The monoisotopic (exact) mass is 230 g/mol. The molecule has 0 aliphatic heterocycles. The third kappa shape index (κ3) is 3.34. The Bertz CT molecular complexity index is 358. The van der Waals surface area contributed by atoms with Crippen molar-refractivity contribution in [1.82, 2.24) is 0 Å². The molecular weight excluding hydrogens is 214 g/mol. The van der Waals surface area contributed by atoms with E-state index in [1.54, 1.807) is 0 Å². The van der Waals surface area contributed by atoms with Crippen LogP contribution < -0.4 is 11.1 Å². The first-order valence-electron chi connectivity index (χ1n) is 5.21. The summed E-state index contributed by atoms with van der Waals surface area (Å²) in [7, 11) is 0. The van der Waals surface area contributed by atoms with E-state index < -0.39 is 17.7 Å². The lowest BCUT2D eigenvalue weighted by Crippen LogP contribution is -2.19. The van der Waals surface area contributed by atoms with Gasteiger partial charge in [-0.2, -0.15) is 0 Å². The first-order valence-corrected chi connectivity index (χ1v) is 5.21. The van der Waals surface area contributed by atoms with Crippen molar-refractivity contribution >= 4 is 11.4 Å². The van der Waals surface area contributed by atoms with Crippen molar-refractivity contribution < 1.29 is 13.9 Å². The fourth-order valence-corrected chi connectivity index (χ4v) is 1.39. The minimum absolute atomic E-state index is 0.134. The number of aliphatic hydroxyl groups is 1. The molecule has 0 aromatic heterocycles. The van der Waals surface area contributed by atoms with Crippen molar-refractivity contribution in [1.29, 1.82) is 0 Å². The topological polar surface area (TPSA) is 58.3 Å². The third-order valence-electron chi connectivity index (χ3n) is 2.24. The van der Waals surface area contributed by atoms with Gasteiger partial charge in [0, 0.05) is 12.6 Å². The summed E-state index contributed by atoms with van der Waals surface area (Å²) in [6, 6.07) is 1.83. The Morgan fingerprint density at radius 3 is 2.75 bits per heavy atom. The number of halogens is 2. The number of hydrogen-bond acceptors (Lipinski definition) is 3. The molecule has 5 heteroatoms. The Labute approximate surface area is 93.3 Å². The maximum Gasteiger partial charge on any atom is 0.151 e. The molecule has 0 aliphatic carbocycles. The maximum absolute atomic E-state index is 13.0. The van der Waals surface area contributed by atoms with Gasteiger partial charge in [0.2, 0.25) is 0 Å². The van der Waals surface area contributed by atoms with Crippen LogP contribution in [0.5, 0.6) is 0 Å². The van der Waals surface area contributed by atoms with Crippen LogP contribution in [0.15, 0.2) is 12.1 Å². The van der Waals surface area contributed by atoms with Crippen LogP contribution in [0.25, 0.3) is 0 Å². The van der Waals surface area contributed by atoms with E-state index >= 15 is 0 Å². The minimum Gasteiger partial charge on any atom is -0.395 e. The third-order valence-corrected chi connectivity index (χ3v) is 2.24. The molecule has 0 heterocycles. The standard InChI is InChI=1S/C11H16F2N2O/c1-2-3-8(16)6-15-10-5-7(12)4-9(13)11(10)14/h4-5,8,15-16H,2-3,6,14H2,1H3. The SMILES string of the molecule is CCCC(O)CNc1cc(F)cc(F)c1N. The van der Waals surface area contributed by atoms with Gasteiger partial charge in [-0.15, -0.1) is 0 Å². The normalized spacial score (nSPS) is 12.5. The number of hydrogen-bond donors (Lipinski definition) is 3. The highest BCUT2D eigenvalue weighted by Crippen LogP contribution is 2.23. The number of rotatable bonds is 5. The fourth-order valence-electron chi connectivity index (χ4n) is 1.39. The molecule has 1 aromatic rings. The molecule has 16 heavy (non-hydrogen) atoms. The summed E-state index contributed by atoms with van der Waals surface area (Å²) in [5.41, 5.74) is 5.47. The predicted octanol–water partition coefficient (Wildman–Crippen LogP) is 2.12. The van der Waals surface area contributed by atoms with Crippen molar-refractivity contribution in [2.45, 2.75) is 25.9 Å². The van der Waals surface area contributed by atoms with E-state index in [9.17, 15) is 13.9 Å². The summed E-state index contributed by atoms with van der Waals surface area (Å²) >= 11 is 0. The molecular formula is C11H16F2N2O. The van der Waals surface area contributed by atoms with Crippen LogP contribution in [-0.2, 0) is 0 Å². The second kappa shape index (κ2) is 5.65. The molecule has 0 fully saturated rings. The van der Waals surface area contributed by atoms with Gasteiger partial charge in [0.15, 0.2) is 5.82 Å². The van der Waals surface area contributed by atoms with E-state index in [2.05, 4.69) is 5.32 Å². The Morgan fingerprint density at radius 1 is 1.44 bits per heavy atom. The van der Waals surface area contributed by atoms with Crippen LogP contribution in [0.3, 0.4) is 0 Å². The molecule has 1 rings (SSSR count). The van der Waals surface area contributed by atoms with Crippen LogP contribution in [0, 0.1) is 11.6 Å². The molecule has 0 aliphatic rings. The zero-order chi connectivity index (χ0) is 12.1. The molecule has 0 spiro atoms. The molecule has 3 nitrogen and oxygen atoms in total. The summed E-state index contributed by atoms with van der Waals surface area (Å²) in [5.74, 6) is -1.49. The van der Waals surface area contributed by atoms with Crippen LogP contribution in [0.2, 0.25) is 0 Å². The van der Waals surface area contributed by atoms with E-state index in [4.69, 9.17) is 5.73 Å². The van der Waals surface area contributed by atoms with Crippen molar-refractivity contribution in [2.24, 2.45) is 0 Å². The van der Waals surface area contributed by atoms with Gasteiger partial charge in [-0.05, 0) is 12.5 Å². The van der Waals surface area contributed by atoms with Gasteiger partial charge in [-0.3, -0.25) is 0 Å². The van der Waals surface area contributed by atoms with E-state index in [1.165, 1.54) is 0 Å². The fraction of sp³-hybridized carbons (Fsp3) is 0.455. The Kier molecular flexibility index (Phi) is 4.49. The van der Waals surface area contributed by atoms with Gasteiger partial charge < -0.3 is 16.2 Å². The summed E-state index contributed by atoms with van der Waals surface area (Å²) in [6.45, 7) is 2.17. The largest absolute Gasteiger partial charge is 0.395 e. The first-order chi connectivity index (χ1) is 7.54. The molecule has 0 saturated carbocycles. The zero-order valence-corrected chi connectivity index (χ0v) is 9.13. The van der Waals surface area contributed by atoms with Crippen molar-refractivity contribution in [3.8, 4) is 0 Å². The highest BCUT2D eigenvalue weighted by atomic mass is 19.1. The number of anilines is 2. The molecule has 0 bridgehead atoms. The second-order valence-corrected chi connectivity index (χ2v) is 3.67. The second-order valence-electron chi connectivity index (χ2n) is 3.67. The van der Waals surface area contributed by atoms with Crippen LogP contribution in [0.1, 0.15) is 19.8 Å². The number of benzene rings is 1. The number of aliphatic hydroxyl groups excluding tert-OH is 1. The highest BCUT2D eigenvalue weighted by Gasteiger charge is 2.09. The highest BCUT2D eigenvalue weighted by molar-refractivity contribution is 5.66. The maximum atomic E-state index is 13.0. The number of nitrogen functional groups attached to an aromatic ring is 1. The number of nitrogens with one attached hydrogen (secondary N) is 1. The summed E-state index contributed by atoms with van der Waals surface area (Å²) in [6.07, 6.45) is 0.927. The van der Waals surface area contributed by atoms with E-state index in [1.807, 2.05) is 6.92 Å². The molecule has 0 radical (unpaired) electrons. The van der Waals surface area contributed by atoms with Crippen molar-refractivity contribution in [3.63, 3.8) is 0 Å². The van der Waals surface area contributed by atoms with Gasteiger partial charge in [0.25, 0.3) is 0 Å². The smallest absolute Gasteiger partial charge is 0.151 e.